The fraction of sp³-hybridized carbons (Fsp3) is 0.917. The molecule has 0 saturated carbocycles. The monoisotopic (exact) mass is 248 g/mol. The highest BCUT2D eigenvalue weighted by Gasteiger charge is 2.22. The molecular formula is C12H25ClN2O. The Morgan fingerprint density at radius 3 is 2.25 bits per heavy atom. The zero-order valence-corrected chi connectivity index (χ0v) is 11.4. The lowest BCUT2D eigenvalue weighted by Crippen LogP contribution is -2.43. The average molecular weight is 249 g/mol. The molecule has 96 valence electrons. The predicted octanol–water partition coefficient (Wildman–Crippen LogP) is 2.04. The minimum atomic E-state index is 0. The topological polar surface area (TPSA) is 46.3 Å². The van der Waals surface area contributed by atoms with Gasteiger partial charge in [0, 0.05) is 25.6 Å². The summed E-state index contributed by atoms with van der Waals surface area (Å²) in [5, 5.41) is 0. The lowest BCUT2D eigenvalue weighted by atomic mass is 9.93. The smallest absolute Gasteiger partial charge is 0.222 e. The number of carbonyl (C=O) groups excluding carboxylic acids is 1. The van der Waals surface area contributed by atoms with Crippen molar-refractivity contribution < 1.29 is 4.79 Å². The zero-order chi connectivity index (χ0) is 11.4. The number of hydrogen-bond acceptors (Lipinski definition) is 2. The van der Waals surface area contributed by atoms with Crippen molar-refractivity contribution in [2.24, 2.45) is 17.6 Å². The Bertz CT molecular complexity index is 213. The van der Waals surface area contributed by atoms with Crippen LogP contribution in [-0.4, -0.2) is 29.9 Å². The van der Waals surface area contributed by atoms with Gasteiger partial charge in [-0.2, -0.15) is 0 Å². The van der Waals surface area contributed by atoms with Crippen LogP contribution in [-0.2, 0) is 4.79 Å². The first-order valence-corrected chi connectivity index (χ1v) is 6.04. The van der Waals surface area contributed by atoms with Crippen LogP contribution in [0.15, 0.2) is 0 Å². The highest BCUT2D eigenvalue weighted by molar-refractivity contribution is 5.85. The molecule has 3 nitrogen and oxygen atoms in total. The molecule has 2 N–H and O–H groups in total. The third-order valence-electron chi connectivity index (χ3n) is 3.53. The van der Waals surface area contributed by atoms with Crippen molar-refractivity contribution in [2.75, 3.05) is 13.1 Å². The van der Waals surface area contributed by atoms with Crippen LogP contribution in [0.3, 0.4) is 0 Å². The molecule has 4 heteroatoms. The fourth-order valence-corrected chi connectivity index (χ4v) is 1.79. The van der Waals surface area contributed by atoms with Gasteiger partial charge < -0.3 is 10.6 Å². The van der Waals surface area contributed by atoms with Gasteiger partial charge >= 0.3 is 0 Å². The fourth-order valence-electron chi connectivity index (χ4n) is 1.79. The van der Waals surface area contributed by atoms with Crippen LogP contribution in [0.4, 0.5) is 0 Å². The van der Waals surface area contributed by atoms with Gasteiger partial charge in [0.15, 0.2) is 0 Å². The average Bonchev–Trinajstić information content (AvgIpc) is 2.18. The molecule has 0 aromatic heterocycles. The van der Waals surface area contributed by atoms with Crippen molar-refractivity contribution in [3.8, 4) is 0 Å². The molecule has 0 bridgehead atoms. The number of amides is 1. The quantitative estimate of drug-likeness (QED) is 0.831. The Kier molecular flexibility index (Phi) is 7.00. The van der Waals surface area contributed by atoms with Crippen molar-refractivity contribution in [3.63, 3.8) is 0 Å². The molecule has 0 aromatic carbocycles. The van der Waals surface area contributed by atoms with Crippen LogP contribution >= 0.6 is 12.4 Å². The summed E-state index contributed by atoms with van der Waals surface area (Å²) in [6.45, 7) is 8.20. The Hall–Kier alpha value is -0.280. The predicted molar refractivity (Wildman–Crippen MR) is 69.7 cm³/mol. The van der Waals surface area contributed by atoms with Crippen molar-refractivity contribution in [2.45, 2.75) is 46.1 Å². The van der Waals surface area contributed by atoms with Crippen LogP contribution in [0, 0.1) is 11.8 Å². The van der Waals surface area contributed by atoms with E-state index in [0.29, 0.717) is 30.2 Å². The van der Waals surface area contributed by atoms with Gasteiger partial charge in [0.05, 0.1) is 0 Å². The molecule has 1 aliphatic heterocycles. The Morgan fingerprint density at radius 2 is 1.81 bits per heavy atom. The largest absolute Gasteiger partial charge is 0.343 e. The van der Waals surface area contributed by atoms with E-state index in [9.17, 15) is 4.79 Å². The molecule has 1 aliphatic rings. The van der Waals surface area contributed by atoms with Crippen LogP contribution in [0.5, 0.6) is 0 Å². The van der Waals surface area contributed by atoms with Crippen LogP contribution in [0.2, 0.25) is 0 Å². The van der Waals surface area contributed by atoms with E-state index in [1.807, 2.05) is 4.90 Å². The standard InChI is InChI=1S/C12H24N2O.ClH/c1-9(2)10(3)8-12(15)14-6-4-11(13)5-7-14;/h9-11H,4-8,13H2,1-3H3;1H. The van der Waals surface area contributed by atoms with E-state index in [2.05, 4.69) is 20.8 Å². The molecule has 0 radical (unpaired) electrons. The van der Waals surface area contributed by atoms with Crippen molar-refractivity contribution >= 4 is 18.3 Å². The van der Waals surface area contributed by atoms with E-state index < -0.39 is 0 Å². The summed E-state index contributed by atoms with van der Waals surface area (Å²) in [5.41, 5.74) is 5.81. The van der Waals surface area contributed by atoms with Gasteiger partial charge in [0.1, 0.15) is 0 Å². The number of likely N-dealkylation sites (tertiary alicyclic amines) is 1. The molecule has 1 fully saturated rings. The molecule has 0 aromatic rings. The van der Waals surface area contributed by atoms with E-state index in [4.69, 9.17) is 5.73 Å². The maximum absolute atomic E-state index is 11.9. The number of nitrogens with two attached hydrogens (primary N) is 1. The summed E-state index contributed by atoms with van der Waals surface area (Å²) < 4.78 is 0. The van der Waals surface area contributed by atoms with Gasteiger partial charge in [-0.3, -0.25) is 4.79 Å². The maximum Gasteiger partial charge on any atom is 0.222 e. The first-order valence-electron chi connectivity index (χ1n) is 6.04. The second kappa shape index (κ2) is 7.13. The van der Waals surface area contributed by atoms with Gasteiger partial charge in [-0.25, -0.2) is 0 Å². The number of hydrogen-bond donors (Lipinski definition) is 1. The molecule has 0 aliphatic carbocycles. The number of carbonyl (C=O) groups is 1. The summed E-state index contributed by atoms with van der Waals surface area (Å²) in [7, 11) is 0. The third kappa shape index (κ3) is 4.71. The number of nitrogens with zero attached hydrogens (tertiary/aromatic N) is 1. The Balaban J connectivity index is 0.00000225. The highest BCUT2D eigenvalue weighted by atomic mass is 35.5. The van der Waals surface area contributed by atoms with Gasteiger partial charge in [-0.1, -0.05) is 20.8 Å². The Morgan fingerprint density at radius 1 is 1.31 bits per heavy atom. The summed E-state index contributed by atoms with van der Waals surface area (Å²) in [4.78, 5) is 13.9. The molecule has 0 spiro atoms. The third-order valence-corrected chi connectivity index (χ3v) is 3.53. The van der Waals surface area contributed by atoms with Crippen molar-refractivity contribution in [1.82, 2.24) is 4.90 Å². The zero-order valence-electron chi connectivity index (χ0n) is 10.6. The van der Waals surface area contributed by atoms with Gasteiger partial charge in [0.2, 0.25) is 5.91 Å². The van der Waals surface area contributed by atoms with Crippen molar-refractivity contribution in [1.29, 1.82) is 0 Å². The van der Waals surface area contributed by atoms with Crippen LogP contribution in [0.25, 0.3) is 0 Å². The van der Waals surface area contributed by atoms with E-state index in [1.54, 1.807) is 0 Å². The minimum Gasteiger partial charge on any atom is -0.343 e. The van der Waals surface area contributed by atoms with Gasteiger partial charge in [-0.15, -0.1) is 12.4 Å². The molecular weight excluding hydrogens is 224 g/mol. The molecule has 1 amide bonds. The number of piperidine rings is 1. The first-order chi connectivity index (χ1) is 7.00. The van der Waals surface area contributed by atoms with Crippen LogP contribution in [0.1, 0.15) is 40.0 Å². The maximum atomic E-state index is 11.9. The summed E-state index contributed by atoms with van der Waals surface area (Å²) in [6.07, 6.45) is 2.61. The van der Waals surface area contributed by atoms with E-state index >= 15 is 0 Å². The van der Waals surface area contributed by atoms with E-state index in [0.717, 1.165) is 25.9 Å². The van der Waals surface area contributed by atoms with Crippen LogP contribution < -0.4 is 5.73 Å². The summed E-state index contributed by atoms with van der Waals surface area (Å²) in [5.74, 6) is 1.37. The molecule has 1 unspecified atom stereocenters. The molecule has 1 heterocycles. The highest BCUT2D eigenvalue weighted by Crippen LogP contribution is 2.17. The SMILES string of the molecule is CC(C)C(C)CC(=O)N1CCC(N)CC1.Cl. The normalized spacial score (nSPS) is 19.4. The molecule has 16 heavy (non-hydrogen) atoms. The van der Waals surface area contributed by atoms with E-state index in [-0.39, 0.29) is 12.4 Å². The molecule has 1 saturated heterocycles. The second-order valence-electron chi connectivity index (χ2n) is 5.14. The first kappa shape index (κ1) is 15.7. The van der Waals surface area contributed by atoms with Crippen molar-refractivity contribution in [3.05, 3.63) is 0 Å². The lowest BCUT2D eigenvalue weighted by Gasteiger charge is -2.31. The lowest BCUT2D eigenvalue weighted by molar-refractivity contribution is -0.133. The van der Waals surface area contributed by atoms with Gasteiger partial charge in [-0.05, 0) is 24.7 Å². The van der Waals surface area contributed by atoms with E-state index in [1.165, 1.54) is 0 Å². The number of rotatable bonds is 3. The molecule has 1 rings (SSSR count). The second-order valence-corrected chi connectivity index (χ2v) is 5.14. The molecule has 1 atom stereocenters. The van der Waals surface area contributed by atoms with Gasteiger partial charge in [0.25, 0.3) is 0 Å². The minimum absolute atomic E-state index is 0. The summed E-state index contributed by atoms with van der Waals surface area (Å²) in [6, 6.07) is 0.302. The summed E-state index contributed by atoms with van der Waals surface area (Å²) >= 11 is 0. The Labute approximate surface area is 105 Å². The number of halogens is 1.